The number of rotatable bonds is 6. The van der Waals surface area contributed by atoms with Crippen LogP contribution in [-0.4, -0.2) is 79.0 Å². The lowest BCUT2D eigenvalue weighted by Crippen LogP contribution is -2.53. The smallest absolute Gasteiger partial charge is 0.251 e. The van der Waals surface area contributed by atoms with Crippen LogP contribution in [0.15, 0.2) is 18.2 Å². The van der Waals surface area contributed by atoms with Gasteiger partial charge in [-0.05, 0) is 25.0 Å². The molecule has 6 nitrogen and oxygen atoms in total. The van der Waals surface area contributed by atoms with E-state index in [9.17, 15) is 9.90 Å². The zero-order valence-electron chi connectivity index (χ0n) is 14.6. The molecular weight excluding hydrogens is 379 g/mol. The molecule has 3 rings (SSSR count). The van der Waals surface area contributed by atoms with Crippen LogP contribution in [0.3, 0.4) is 0 Å². The summed E-state index contributed by atoms with van der Waals surface area (Å²) in [4.78, 5) is 16.3. The quantitative estimate of drug-likeness (QED) is 0.788. The van der Waals surface area contributed by atoms with Crippen LogP contribution in [0.2, 0.25) is 10.0 Å². The molecule has 8 heteroatoms. The van der Waals surface area contributed by atoms with Crippen LogP contribution < -0.4 is 4.74 Å². The Morgan fingerprint density at radius 1 is 1.31 bits per heavy atom. The van der Waals surface area contributed by atoms with Crippen LogP contribution in [-0.2, 0) is 9.53 Å². The Kier molecular flexibility index (Phi) is 7.00. The minimum Gasteiger partial charge on any atom is -0.489 e. The first-order valence-corrected chi connectivity index (χ1v) is 9.67. The normalized spacial score (nSPS) is 22.4. The highest BCUT2D eigenvalue weighted by atomic mass is 35.5. The predicted octanol–water partition coefficient (Wildman–Crippen LogP) is 2.06. The molecule has 2 heterocycles. The molecule has 1 aromatic carbocycles. The highest BCUT2D eigenvalue weighted by Gasteiger charge is 2.30. The summed E-state index contributed by atoms with van der Waals surface area (Å²) in [6, 6.07) is 4.98. The van der Waals surface area contributed by atoms with Gasteiger partial charge in [-0.2, -0.15) is 0 Å². The van der Waals surface area contributed by atoms with Crippen LogP contribution in [0.4, 0.5) is 0 Å². The Bertz CT molecular complexity index is 617. The van der Waals surface area contributed by atoms with E-state index in [1.165, 1.54) is 0 Å². The van der Waals surface area contributed by atoms with Crippen molar-refractivity contribution in [3.05, 3.63) is 28.2 Å². The topological polar surface area (TPSA) is 62.2 Å². The molecular formula is C18H24Cl2N2O4. The molecule has 144 valence electrons. The largest absolute Gasteiger partial charge is 0.489 e. The maximum absolute atomic E-state index is 12.3. The second kappa shape index (κ2) is 9.24. The zero-order valence-corrected chi connectivity index (χ0v) is 16.1. The monoisotopic (exact) mass is 402 g/mol. The fraction of sp³-hybridized carbons (Fsp3) is 0.611. The molecule has 2 aliphatic rings. The number of nitrogens with zero attached hydrogens (tertiary/aromatic N) is 2. The molecule has 2 atom stereocenters. The number of carbonyl (C=O) groups excluding carboxylic acids is 1. The number of ether oxygens (including phenoxy) is 2. The first-order valence-electron chi connectivity index (χ1n) is 8.91. The predicted molar refractivity (Wildman–Crippen MR) is 100.0 cm³/mol. The maximum Gasteiger partial charge on any atom is 0.251 e. The van der Waals surface area contributed by atoms with Gasteiger partial charge in [0.2, 0.25) is 0 Å². The Labute approximate surface area is 163 Å². The number of benzene rings is 1. The molecule has 1 amide bonds. The Hall–Kier alpha value is -1.05. The number of β-amino-alcohol motifs (C(OH)–C–C–N with tert-alkyl or cyclic N) is 1. The van der Waals surface area contributed by atoms with E-state index in [2.05, 4.69) is 4.90 Å². The number of hydrogen-bond acceptors (Lipinski definition) is 5. The summed E-state index contributed by atoms with van der Waals surface area (Å²) in [5, 5.41) is 11.2. The summed E-state index contributed by atoms with van der Waals surface area (Å²) >= 11 is 12.0. The van der Waals surface area contributed by atoms with Gasteiger partial charge >= 0.3 is 0 Å². The summed E-state index contributed by atoms with van der Waals surface area (Å²) in [6.45, 7) is 4.08. The second-order valence-corrected chi connectivity index (χ2v) is 7.51. The minimum absolute atomic E-state index is 0.0987. The van der Waals surface area contributed by atoms with E-state index in [1.807, 2.05) is 4.90 Å². The van der Waals surface area contributed by atoms with Crippen molar-refractivity contribution in [2.75, 3.05) is 45.9 Å². The number of piperazine rings is 1. The summed E-state index contributed by atoms with van der Waals surface area (Å²) in [5.74, 6) is 0.562. The van der Waals surface area contributed by atoms with Crippen molar-refractivity contribution in [3.63, 3.8) is 0 Å². The Morgan fingerprint density at radius 2 is 2.08 bits per heavy atom. The summed E-state index contributed by atoms with van der Waals surface area (Å²) in [5.41, 5.74) is 0. The molecule has 2 fully saturated rings. The van der Waals surface area contributed by atoms with Crippen molar-refractivity contribution < 1.29 is 19.4 Å². The van der Waals surface area contributed by atoms with E-state index >= 15 is 0 Å². The summed E-state index contributed by atoms with van der Waals surface area (Å²) in [7, 11) is 0. The van der Waals surface area contributed by atoms with Gasteiger partial charge in [0, 0.05) is 50.4 Å². The second-order valence-electron chi connectivity index (χ2n) is 6.67. The number of amides is 1. The van der Waals surface area contributed by atoms with E-state index in [4.69, 9.17) is 32.7 Å². The zero-order chi connectivity index (χ0) is 18.5. The third kappa shape index (κ3) is 5.24. The molecule has 0 aliphatic carbocycles. The number of carbonyl (C=O) groups is 1. The number of halogens is 2. The van der Waals surface area contributed by atoms with E-state index in [0.717, 1.165) is 25.9 Å². The lowest BCUT2D eigenvalue weighted by molar-refractivity contribution is -0.142. The van der Waals surface area contributed by atoms with Gasteiger partial charge in [-0.25, -0.2) is 0 Å². The van der Waals surface area contributed by atoms with Crippen molar-refractivity contribution in [1.29, 1.82) is 0 Å². The Morgan fingerprint density at radius 3 is 2.77 bits per heavy atom. The van der Waals surface area contributed by atoms with Crippen LogP contribution in [0.25, 0.3) is 0 Å². The van der Waals surface area contributed by atoms with E-state index in [0.29, 0.717) is 42.0 Å². The molecule has 0 unspecified atom stereocenters. The SMILES string of the molecule is O=C([C@H]1CCCO1)N1CCN(C[C@H](O)COc2cc(Cl)ccc2Cl)CC1. The minimum atomic E-state index is -0.648. The van der Waals surface area contributed by atoms with Crippen molar-refractivity contribution in [1.82, 2.24) is 9.80 Å². The molecule has 0 radical (unpaired) electrons. The summed E-state index contributed by atoms with van der Waals surface area (Å²) in [6.07, 6.45) is 0.869. The fourth-order valence-electron chi connectivity index (χ4n) is 3.25. The molecule has 0 bridgehead atoms. The van der Waals surface area contributed by atoms with Crippen LogP contribution in [0, 0.1) is 0 Å². The Balaban J connectivity index is 1.39. The van der Waals surface area contributed by atoms with Gasteiger partial charge in [0.15, 0.2) is 0 Å². The molecule has 1 aromatic rings. The average molecular weight is 403 g/mol. The molecule has 26 heavy (non-hydrogen) atoms. The van der Waals surface area contributed by atoms with Crippen molar-refractivity contribution in [3.8, 4) is 5.75 Å². The van der Waals surface area contributed by atoms with Crippen LogP contribution >= 0.6 is 23.2 Å². The standard InChI is InChI=1S/C18H24Cl2N2O4/c19-13-3-4-15(20)17(10-13)26-12-14(23)11-21-5-7-22(8-6-21)18(24)16-2-1-9-25-16/h3-4,10,14,16,23H,1-2,5-9,11-12H2/t14-,16+/m0/s1. The van der Waals surface area contributed by atoms with Gasteiger partial charge < -0.3 is 19.5 Å². The lowest BCUT2D eigenvalue weighted by Gasteiger charge is -2.36. The third-order valence-electron chi connectivity index (χ3n) is 4.68. The number of hydrogen-bond donors (Lipinski definition) is 1. The molecule has 2 aliphatic heterocycles. The number of aliphatic hydroxyl groups is 1. The van der Waals surface area contributed by atoms with Crippen LogP contribution in [0.5, 0.6) is 5.75 Å². The lowest BCUT2D eigenvalue weighted by atomic mass is 10.2. The van der Waals surface area contributed by atoms with Gasteiger partial charge in [0.05, 0.1) is 5.02 Å². The summed E-state index contributed by atoms with van der Waals surface area (Å²) < 4.78 is 11.0. The first-order chi connectivity index (χ1) is 12.5. The van der Waals surface area contributed by atoms with Gasteiger partial charge in [0.25, 0.3) is 5.91 Å². The molecule has 0 aromatic heterocycles. The van der Waals surface area contributed by atoms with Gasteiger partial charge in [-0.15, -0.1) is 0 Å². The van der Waals surface area contributed by atoms with Crippen molar-refractivity contribution in [2.24, 2.45) is 0 Å². The van der Waals surface area contributed by atoms with Crippen molar-refractivity contribution >= 4 is 29.1 Å². The average Bonchev–Trinajstić information content (AvgIpc) is 3.17. The van der Waals surface area contributed by atoms with Gasteiger partial charge in [-0.1, -0.05) is 23.2 Å². The van der Waals surface area contributed by atoms with Gasteiger partial charge in [0.1, 0.15) is 24.6 Å². The highest BCUT2D eigenvalue weighted by molar-refractivity contribution is 6.34. The molecule has 0 spiro atoms. The highest BCUT2D eigenvalue weighted by Crippen LogP contribution is 2.27. The van der Waals surface area contributed by atoms with Crippen LogP contribution in [0.1, 0.15) is 12.8 Å². The van der Waals surface area contributed by atoms with E-state index in [1.54, 1.807) is 18.2 Å². The van der Waals surface area contributed by atoms with Gasteiger partial charge in [-0.3, -0.25) is 9.69 Å². The fourth-order valence-corrected chi connectivity index (χ4v) is 3.59. The third-order valence-corrected chi connectivity index (χ3v) is 5.23. The van der Waals surface area contributed by atoms with Crippen molar-refractivity contribution in [2.45, 2.75) is 25.0 Å². The maximum atomic E-state index is 12.3. The molecule has 1 N–H and O–H groups in total. The van der Waals surface area contributed by atoms with E-state index in [-0.39, 0.29) is 18.6 Å². The number of aliphatic hydroxyl groups excluding tert-OH is 1. The molecule has 2 saturated heterocycles. The first kappa shape index (κ1) is 19.7. The van der Waals surface area contributed by atoms with E-state index < -0.39 is 6.10 Å². The molecule has 0 saturated carbocycles.